The summed E-state index contributed by atoms with van der Waals surface area (Å²) in [6.45, 7) is 6.06. The van der Waals surface area contributed by atoms with Gasteiger partial charge in [-0.2, -0.15) is 11.8 Å². The highest BCUT2D eigenvalue weighted by atomic mass is 32.2. The number of nitrogens with zero attached hydrogens (tertiary/aromatic N) is 4. The van der Waals surface area contributed by atoms with Gasteiger partial charge in [0.05, 0.1) is 12.6 Å². The van der Waals surface area contributed by atoms with Gasteiger partial charge in [-0.25, -0.2) is 9.48 Å². The standard InChI is InChI=1S/C17H25N5O2S/c1-17(2,3)24-16(23)18-14(10-11-25-4)15-19-20-21-22(15)12-13-8-6-5-7-9-13/h5-9,14H,10-12H2,1-4H3,(H,18,23)/t14-/m0/s1. The summed E-state index contributed by atoms with van der Waals surface area (Å²) in [7, 11) is 0. The summed E-state index contributed by atoms with van der Waals surface area (Å²) in [6, 6.07) is 9.65. The lowest BCUT2D eigenvalue weighted by molar-refractivity contribution is 0.0499. The first-order valence-electron chi connectivity index (χ1n) is 8.17. The number of benzene rings is 1. The number of thioether (sulfide) groups is 1. The molecule has 0 saturated heterocycles. The van der Waals surface area contributed by atoms with Gasteiger partial charge in [0.15, 0.2) is 5.82 Å². The molecule has 136 valence electrons. The van der Waals surface area contributed by atoms with Crippen LogP contribution in [0.4, 0.5) is 4.79 Å². The molecule has 1 N–H and O–H groups in total. The lowest BCUT2D eigenvalue weighted by Crippen LogP contribution is -2.36. The Labute approximate surface area is 152 Å². The molecule has 7 nitrogen and oxygen atoms in total. The first kappa shape index (κ1) is 19.2. The SMILES string of the molecule is CSCC[C@H](NC(=O)OC(C)(C)C)c1nnnn1Cc1ccccc1. The quantitative estimate of drug-likeness (QED) is 0.814. The molecule has 2 aromatic rings. The third-order valence-corrected chi connectivity index (χ3v) is 3.99. The second kappa shape index (κ2) is 8.84. The fraction of sp³-hybridized carbons (Fsp3) is 0.529. The molecule has 0 spiro atoms. The van der Waals surface area contributed by atoms with Crippen molar-refractivity contribution < 1.29 is 9.53 Å². The first-order valence-corrected chi connectivity index (χ1v) is 9.57. The normalized spacial score (nSPS) is 12.6. The van der Waals surface area contributed by atoms with E-state index in [1.807, 2.05) is 57.4 Å². The van der Waals surface area contributed by atoms with Crippen LogP contribution in [0, 0.1) is 0 Å². The Morgan fingerprint density at radius 3 is 2.68 bits per heavy atom. The van der Waals surface area contributed by atoms with Crippen molar-refractivity contribution in [3.63, 3.8) is 0 Å². The Bertz CT molecular complexity index is 669. The fourth-order valence-electron chi connectivity index (χ4n) is 2.28. The van der Waals surface area contributed by atoms with E-state index in [9.17, 15) is 4.79 Å². The van der Waals surface area contributed by atoms with E-state index >= 15 is 0 Å². The van der Waals surface area contributed by atoms with E-state index < -0.39 is 11.7 Å². The highest BCUT2D eigenvalue weighted by Gasteiger charge is 2.24. The lowest BCUT2D eigenvalue weighted by Gasteiger charge is -2.23. The maximum absolute atomic E-state index is 12.2. The van der Waals surface area contributed by atoms with Crippen LogP contribution in [0.2, 0.25) is 0 Å². The Morgan fingerprint density at radius 1 is 1.32 bits per heavy atom. The van der Waals surface area contributed by atoms with Crippen molar-refractivity contribution in [3.8, 4) is 0 Å². The number of carbonyl (C=O) groups is 1. The maximum atomic E-state index is 12.2. The number of alkyl carbamates (subject to hydrolysis) is 1. The van der Waals surface area contributed by atoms with E-state index in [-0.39, 0.29) is 6.04 Å². The molecule has 0 aliphatic heterocycles. The van der Waals surface area contributed by atoms with Gasteiger partial charge in [0.25, 0.3) is 0 Å². The molecule has 0 aliphatic carbocycles. The van der Waals surface area contributed by atoms with Crippen LogP contribution in [0.5, 0.6) is 0 Å². The van der Waals surface area contributed by atoms with Gasteiger partial charge >= 0.3 is 6.09 Å². The van der Waals surface area contributed by atoms with Crippen LogP contribution in [0.25, 0.3) is 0 Å². The molecule has 1 amide bonds. The molecule has 1 atom stereocenters. The van der Waals surface area contributed by atoms with Crippen LogP contribution in [0.3, 0.4) is 0 Å². The Balaban J connectivity index is 2.15. The molecule has 1 aromatic carbocycles. The van der Waals surface area contributed by atoms with Gasteiger partial charge in [-0.1, -0.05) is 30.3 Å². The second-order valence-electron chi connectivity index (χ2n) is 6.66. The molecule has 0 fully saturated rings. The van der Waals surface area contributed by atoms with Crippen LogP contribution < -0.4 is 5.32 Å². The van der Waals surface area contributed by atoms with Gasteiger partial charge < -0.3 is 10.1 Å². The van der Waals surface area contributed by atoms with Crippen molar-refractivity contribution in [1.82, 2.24) is 25.5 Å². The van der Waals surface area contributed by atoms with Crippen molar-refractivity contribution >= 4 is 17.9 Å². The van der Waals surface area contributed by atoms with Crippen molar-refractivity contribution in [1.29, 1.82) is 0 Å². The highest BCUT2D eigenvalue weighted by Crippen LogP contribution is 2.18. The molecule has 0 saturated carbocycles. The van der Waals surface area contributed by atoms with Gasteiger partial charge in [-0.3, -0.25) is 0 Å². The number of rotatable bonds is 7. The number of nitrogens with one attached hydrogen (secondary N) is 1. The summed E-state index contributed by atoms with van der Waals surface area (Å²) in [5.74, 6) is 1.50. The van der Waals surface area contributed by atoms with Gasteiger partial charge in [0.1, 0.15) is 5.60 Å². The third kappa shape index (κ3) is 6.38. The topological polar surface area (TPSA) is 81.9 Å². The molecule has 8 heteroatoms. The summed E-state index contributed by atoms with van der Waals surface area (Å²) < 4.78 is 7.09. The second-order valence-corrected chi connectivity index (χ2v) is 7.65. The predicted molar refractivity (Wildman–Crippen MR) is 98.5 cm³/mol. The van der Waals surface area contributed by atoms with Crippen LogP contribution in [0.1, 0.15) is 44.6 Å². The zero-order valence-electron chi connectivity index (χ0n) is 15.1. The summed E-state index contributed by atoms with van der Waals surface area (Å²) >= 11 is 1.71. The van der Waals surface area contributed by atoms with Crippen LogP contribution >= 0.6 is 11.8 Å². The van der Waals surface area contributed by atoms with Gasteiger partial charge in [-0.05, 0) is 55.2 Å². The number of carbonyl (C=O) groups excluding carboxylic acids is 1. The molecular formula is C17H25N5O2S. The maximum Gasteiger partial charge on any atom is 0.408 e. The van der Waals surface area contributed by atoms with Crippen LogP contribution in [-0.2, 0) is 11.3 Å². The number of tetrazole rings is 1. The monoisotopic (exact) mass is 363 g/mol. The van der Waals surface area contributed by atoms with Crippen molar-refractivity contribution in [2.75, 3.05) is 12.0 Å². The zero-order valence-corrected chi connectivity index (χ0v) is 15.9. The Hall–Kier alpha value is -2.09. The van der Waals surface area contributed by atoms with E-state index in [1.165, 1.54) is 0 Å². The molecule has 0 unspecified atom stereocenters. The van der Waals surface area contributed by atoms with E-state index in [0.29, 0.717) is 12.4 Å². The zero-order chi connectivity index (χ0) is 18.3. The molecule has 0 bridgehead atoms. The summed E-state index contributed by atoms with van der Waals surface area (Å²) in [6.07, 6.45) is 2.28. The minimum absolute atomic E-state index is 0.305. The molecule has 1 heterocycles. The number of hydrogen-bond acceptors (Lipinski definition) is 6. The van der Waals surface area contributed by atoms with E-state index in [1.54, 1.807) is 16.4 Å². The highest BCUT2D eigenvalue weighted by molar-refractivity contribution is 7.98. The minimum atomic E-state index is -0.551. The minimum Gasteiger partial charge on any atom is -0.444 e. The third-order valence-electron chi connectivity index (χ3n) is 3.35. The van der Waals surface area contributed by atoms with Crippen molar-refractivity contribution in [2.24, 2.45) is 0 Å². The van der Waals surface area contributed by atoms with Gasteiger partial charge in [0, 0.05) is 0 Å². The Kier molecular flexibility index (Phi) is 6.81. The van der Waals surface area contributed by atoms with E-state index in [2.05, 4.69) is 20.8 Å². The van der Waals surface area contributed by atoms with Gasteiger partial charge in [0.2, 0.25) is 0 Å². The van der Waals surface area contributed by atoms with E-state index in [4.69, 9.17) is 4.74 Å². The molecule has 1 aromatic heterocycles. The number of hydrogen-bond donors (Lipinski definition) is 1. The van der Waals surface area contributed by atoms with Gasteiger partial charge in [-0.15, -0.1) is 5.10 Å². The average molecular weight is 363 g/mol. The number of aromatic nitrogens is 4. The smallest absolute Gasteiger partial charge is 0.408 e. The molecule has 0 aliphatic rings. The van der Waals surface area contributed by atoms with Crippen molar-refractivity contribution in [3.05, 3.63) is 41.7 Å². The molecule has 2 rings (SSSR count). The number of amides is 1. The fourth-order valence-corrected chi connectivity index (χ4v) is 2.75. The largest absolute Gasteiger partial charge is 0.444 e. The van der Waals surface area contributed by atoms with E-state index in [0.717, 1.165) is 17.7 Å². The van der Waals surface area contributed by atoms with Crippen molar-refractivity contribution in [2.45, 2.75) is 45.4 Å². The number of ether oxygens (including phenoxy) is 1. The first-order chi connectivity index (χ1) is 11.9. The predicted octanol–water partition coefficient (Wildman–Crippen LogP) is 3.04. The average Bonchev–Trinajstić information content (AvgIpc) is 2.98. The van der Waals surface area contributed by atoms with Crippen LogP contribution in [0.15, 0.2) is 30.3 Å². The summed E-state index contributed by atoms with van der Waals surface area (Å²) in [5, 5.41) is 14.9. The molecule has 0 radical (unpaired) electrons. The molecule has 25 heavy (non-hydrogen) atoms. The lowest BCUT2D eigenvalue weighted by atomic mass is 10.2. The van der Waals surface area contributed by atoms with Crippen LogP contribution in [-0.4, -0.2) is 43.9 Å². The summed E-state index contributed by atoms with van der Waals surface area (Å²) in [4.78, 5) is 12.2. The summed E-state index contributed by atoms with van der Waals surface area (Å²) in [5.41, 5.74) is 0.543. The molecular weight excluding hydrogens is 338 g/mol. The Morgan fingerprint density at radius 2 is 2.04 bits per heavy atom.